The van der Waals surface area contributed by atoms with Crippen LogP contribution in [0.2, 0.25) is 0 Å². The van der Waals surface area contributed by atoms with Crippen LogP contribution in [0, 0.1) is 0 Å². The fourth-order valence-electron chi connectivity index (χ4n) is 5.31. The summed E-state index contributed by atoms with van der Waals surface area (Å²) < 4.78 is 65.6. The van der Waals surface area contributed by atoms with Crippen LogP contribution in [0.25, 0.3) is 27.8 Å². The van der Waals surface area contributed by atoms with Crippen molar-refractivity contribution in [3.8, 4) is 33.8 Å². The van der Waals surface area contributed by atoms with Crippen LogP contribution in [0.3, 0.4) is 0 Å². The van der Waals surface area contributed by atoms with Crippen molar-refractivity contribution in [2.24, 2.45) is 0 Å². The molecule has 264 valence electrons. The zero-order valence-electron chi connectivity index (χ0n) is 28.6. The second-order valence-electron chi connectivity index (χ2n) is 11.8. The first-order valence-electron chi connectivity index (χ1n) is 16.0. The van der Waals surface area contributed by atoms with E-state index >= 15 is 0 Å². The molecule has 0 aliphatic carbocycles. The molecule has 5 aromatic carbocycles. The van der Waals surface area contributed by atoms with Gasteiger partial charge in [0.2, 0.25) is 0 Å². The average molecular weight is 727 g/mol. The van der Waals surface area contributed by atoms with E-state index in [-0.39, 0.29) is 16.4 Å². The highest BCUT2D eigenvalue weighted by molar-refractivity contribution is 7.91. The van der Waals surface area contributed by atoms with Crippen LogP contribution in [0.15, 0.2) is 137 Å². The van der Waals surface area contributed by atoms with Crippen molar-refractivity contribution < 1.29 is 40.9 Å². The SMILES string of the molecule is CCOC(COc1ccc(OC(C)C(=O)O)cc1)=C(c1ccc(-c2ccc(S(C)(=O)=O)cc2)cc1)c1ccc(-c2ccc(S(C)(=O)=O)cc2)cc1. The maximum Gasteiger partial charge on any atom is 0.344 e. The Labute approximate surface area is 298 Å². The third-order valence-corrected chi connectivity index (χ3v) is 10.3. The third kappa shape index (κ3) is 9.44. The summed E-state index contributed by atoms with van der Waals surface area (Å²) >= 11 is 0. The van der Waals surface area contributed by atoms with Gasteiger partial charge in [0, 0.05) is 18.1 Å². The number of hydrogen-bond acceptors (Lipinski definition) is 8. The molecule has 11 heteroatoms. The molecule has 1 unspecified atom stereocenters. The van der Waals surface area contributed by atoms with Crippen molar-refractivity contribution in [3.05, 3.63) is 138 Å². The molecule has 1 N–H and O–H groups in total. The molecule has 0 heterocycles. The lowest BCUT2D eigenvalue weighted by Crippen LogP contribution is -2.22. The predicted octanol–water partition coefficient (Wildman–Crippen LogP) is 7.55. The van der Waals surface area contributed by atoms with Gasteiger partial charge in [0.05, 0.1) is 16.4 Å². The minimum absolute atomic E-state index is 0.0817. The molecule has 51 heavy (non-hydrogen) atoms. The summed E-state index contributed by atoms with van der Waals surface area (Å²) in [4.78, 5) is 11.7. The standard InChI is InChI=1S/C40H38O9S2/c1-5-47-38(26-48-34-18-20-35(21-19-34)49-27(2)40(41)42)39(32-10-6-28(7-11-32)30-14-22-36(23-15-30)50(3,43)44)33-12-8-29(9-13-33)31-16-24-37(25-17-31)51(4,45)46/h6-25,27H,5,26H2,1-4H3,(H,41,42). The quantitative estimate of drug-likeness (QED) is 0.115. The molecule has 0 saturated carbocycles. The molecule has 0 saturated heterocycles. The molecule has 1 atom stereocenters. The summed E-state index contributed by atoms with van der Waals surface area (Å²) in [5.41, 5.74) is 6.04. The summed E-state index contributed by atoms with van der Waals surface area (Å²) in [5.74, 6) is 0.441. The van der Waals surface area contributed by atoms with Crippen molar-refractivity contribution in [2.45, 2.75) is 29.7 Å². The van der Waals surface area contributed by atoms with Gasteiger partial charge in [0.25, 0.3) is 0 Å². The van der Waals surface area contributed by atoms with Crippen LogP contribution in [0.5, 0.6) is 11.5 Å². The Bertz CT molecular complexity index is 2100. The Hall–Kier alpha value is -5.39. The molecule has 0 bridgehead atoms. The minimum Gasteiger partial charge on any atom is -0.494 e. The molecule has 5 rings (SSSR count). The summed E-state index contributed by atoms with van der Waals surface area (Å²) in [6.07, 6.45) is 1.36. The number of carbonyl (C=O) groups is 1. The molecule has 5 aromatic rings. The molecule has 9 nitrogen and oxygen atoms in total. The molecule has 0 aliphatic rings. The fourth-order valence-corrected chi connectivity index (χ4v) is 6.58. The maximum atomic E-state index is 11.9. The number of rotatable bonds is 14. The Balaban J connectivity index is 1.50. The first kappa shape index (κ1) is 36.9. The van der Waals surface area contributed by atoms with Gasteiger partial charge >= 0.3 is 5.97 Å². The van der Waals surface area contributed by atoms with Crippen molar-refractivity contribution in [2.75, 3.05) is 25.7 Å². The van der Waals surface area contributed by atoms with Crippen LogP contribution < -0.4 is 9.47 Å². The lowest BCUT2D eigenvalue weighted by atomic mass is 9.93. The number of carboxylic acid groups (broad SMARTS) is 1. The van der Waals surface area contributed by atoms with E-state index in [4.69, 9.17) is 19.3 Å². The van der Waals surface area contributed by atoms with E-state index in [0.717, 1.165) is 39.0 Å². The zero-order chi connectivity index (χ0) is 36.8. The van der Waals surface area contributed by atoms with Gasteiger partial charge in [0.15, 0.2) is 25.8 Å². The van der Waals surface area contributed by atoms with Gasteiger partial charge in [-0.3, -0.25) is 0 Å². The largest absolute Gasteiger partial charge is 0.494 e. The summed E-state index contributed by atoms with van der Waals surface area (Å²) in [6, 6.07) is 35.9. The van der Waals surface area contributed by atoms with E-state index in [1.54, 1.807) is 72.8 Å². The van der Waals surface area contributed by atoms with Gasteiger partial charge in [-0.05, 0) is 95.8 Å². The first-order chi connectivity index (χ1) is 24.2. The summed E-state index contributed by atoms with van der Waals surface area (Å²) in [7, 11) is -6.63. The zero-order valence-corrected chi connectivity index (χ0v) is 30.2. The monoisotopic (exact) mass is 726 g/mol. The van der Waals surface area contributed by atoms with Crippen molar-refractivity contribution in [3.63, 3.8) is 0 Å². The predicted molar refractivity (Wildman–Crippen MR) is 197 cm³/mol. The van der Waals surface area contributed by atoms with Gasteiger partial charge < -0.3 is 19.3 Å². The molecule has 0 spiro atoms. The Morgan fingerprint density at radius 1 is 0.608 bits per heavy atom. The molecule has 0 fully saturated rings. The van der Waals surface area contributed by atoms with Gasteiger partial charge in [0.1, 0.15) is 23.9 Å². The lowest BCUT2D eigenvalue weighted by molar-refractivity contribution is -0.144. The minimum atomic E-state index is -3.31. The molecule has 0 amide bonds. The van der Waals surface area contributed by atoms with E-state index in [2.05, 4.69) is 0 Å². The van der Waals surface area contributed by atoms with Crippen molar-refractivity contribution in [1.82, 2.24) is 0 Å². The Kier molecular flexibility index (Phi) is 11.3. The van der Waals surface area contributed by atoms with E-state index in [1.807, 2.05) is 55.5 Å². The second-order valence-corrected chi connectivity index (χ2v) is 15.9. The topological polar surface area (TPSA) is 133 Å². The van der Waals surface area contributed by atoms with Crippen LogP contribution in [0.4, 0.5) is 0 Å². The van der Waals surface area contributed by atoms with Crippen LogP contribution in [0.1, 0.15) is 25.0 Å². The molecule has 0 aliphatic heterocycles. The third-order valence-electron chi connectivity index (χ3n) is 8.03. The fraction of sp³-hybridized carbons (Fsp3) is 0.175. The average Bonchev–Trinajstić information content (AvgIpc) is 3.11. The molecule has 0 aromatic heterocycles. The van der Waals surface area contributed by atoms with Crippen LogP contribution in [-0.4, -0.2) is 59.7 Å². The van der Waals surface area contributed by atoms with Gasteiger partial charge in [-0.25, -0.2) is 21.6 Å². The smallest absolute Gasteiger partial charge is 0.344 e. The highest BCUT2D eigenvalue weighted by atomic mass is 32.2. The van der Waals surface area contributed by atoms with E-state index < -0.39 is 31.7 Å². The maximum absolute atomic E-state index is 11.9. The van der Waals surface area contributed by atoms with Crippen LogP contribution >= 0.6 is 0 Å². The Morgan fingerprint density at radius 2 is 0.980 bits per heavy atom. The van der Waals surface area contributed by atoms with E-state index in [9.17, 15) is 21.6 Å². The van der Waals surface area contributed by atoms with Gasteiger partial charge in [-0.15, -0.1) is 0 Å². The van der Waals surface area contributed by atoms with E-state index in [1.165, 1.54) is 19.4 Å². The number of benzene rings is 5. The first-order valence-corrected chi connectivity index (χ1v) is 19.8. The Morgan fingerprint density at radius 3 is 1.33 bits per heavy atom. The number of ether oxygens (including phenoxy) is 3. The van der Waals surface area contributed by atoms with Crippen LogP contribution in [-0.2, 0) is 29.2 Å². The lowest BCUT2D eigenvalue weighted by Gasteiger charge is -2.18. The second kappa shape index (κ2) is 15.7. The number of carboxylic acids is 1. The summed E-state index contributed by atoms with van der Waals surface area (Å²) in [5, 5.41) is 9.14. The highest BCUT2D eigenvalue weighted by Gasteiger charge is 2.17. The van der Waals surface area contributed by atoms with E-state index in [0.29, 0.717) is 23.9 Å². The number of aliphatic carboxylic acids is 1. The van der Waals surface area contributed by atoms with Crippen molar-refractivity contribution >= 4 is 31.2 Å². The molecule has 0 radical (unpaired) electrons. The normalized spacial score (nSPS) is 12.1. The number of hydrogen-bond donors (Lipinski definition) is 1. The number of sulfone groups is 2. The highest BCUT2D eigenvalue weighted by Crippen LogP contribution is 2.33. The molecular formula is C40H38O9S2. The summed E-state index contributed by atoms with van der Waals surface area (Å²) in [6.45, 7) is 3.80. The van der Waals surface area contributed by atoms with Crippen molar-refractivity contribution in [1.29, 1.82) is 0 Å². The van der Waals surface area contributed by atoms with Gasteiger partial charge in [-0.1, -0.05) is 72.8 Å². The van der Waals surface area contributed by atoms with Gasteiger partial charge in [-0.2, -0.15) is 0 Å². The molecular weight excluding hydrogens is 689 g/mol.